The van der Waals surface area contributed by atoms with Gasteiger partial charge in [-0.3, -0.25) is 14.5 Å². The second-order valence-electron chi connectivity index (χ2n) is 8.16. The molecular weight excluding hydrogens is 416 g/mol. The summed E-state index contributed by atoms with van der Waals surface area (Å²) in [7, 11) is 0. The van der Waals surface area contributed by atoms with Crippen molar-refractivity contribution in [2.24, 2.45) is 0 Å². The highest BCUT2D eigenvalue weighted by Gasteiger charge is 2.47. The fourth-order valence-corrected chi connectivity index (χ4v) is 4.44. The first kappa shape index (κ1) is 20.5. The Kier molecular flexibility index (Phi) is 4.95. The van der Waals surface area contributed by atoms with E-state index in [0.717, 1.165) is 23.3 Å². The number of nitriles is 1. The number of amides is 1. The molecule has 3 aromatic carbocycles. The SMILES string of the molecule is Cc1cccc(C2/C(=C(/O)c3ccc4c(c3)CCO4)C(=O)C(=O)N2c2ccc(C#N)cc2)c1. The summed E-state index contributed by atoms with van der Waals surface area (Å²) in [6.07, 6.45) is 0.720. The summed E-state index contributed by atoms with van der Waals surface area (Å²) in [6.45, 7) is 2.50. The van der Waals surface area contributed by atoms with Gasteiger partial charge in [0.05, 0.1) is 29.9 Å². The molecular formula is C27H20N2O4. The van der Waals surface area contributed by atoms with Crippen LogP contribution in [0.25, 0.3) is 5.76 Å². The number of rotatable bonds is 3. The summed E-state index contributed by atoms with van der Waals surface area (Å²) in [5.74, 6) is -0.928. The van der Waals surface area contributed by atoms with Crippen LogP contribution < -0.4 is 9.64 Å². The van der Waals surface area contributed by atoms with Crippen molar-refractivity contribution in [2.45, 2.75) is 19.4 Å². The third kappa shape index (κ3) is 3.44. The van der Waals surface area contributed by atoms with Crippen molar-refractivity contribution in [3.63, 3.8) is 0 Å². The number of carbonyl (C=O) groups excluding carboxylic acids is 2. The van der Waals surface area contributed by atoms with Crippen LogP contribution in [0.15, 0.2) is 72.3 Å². The number of aryl methyl sites for hydroxylation is 1. The number of carbonyl (C=O) groups is 2. The number of hydrogen-bond acceptors (Lipinski definition) is 5. The highest BCUT2D eigenvalue weighted by molar-refractivity contribution is 6.51. The highest BCUT2D eigenvalue weighted by atomic mass is 16.5. The van der Waals surface area contributed by atoms with Gasteiger partial charge in [-0.2, -0.15) is 5.26 Å². The molecule has 1 fully saturated rings. The molecule has 0 radical (unpaired) electrons. The van der Waals surface area contributed by atoms with E-state index in [1.54, 1.807) is 42.5 Å². The zero-order valence-electron chi connectivity index (χ0n) is 17.9. The Morgan fingerprint density at radius 1 is 1.09 bits per heavy atom. The number of anilines is 1. The van der Waals surface area contributed by atoms with Crippen LogP contribution in [-0.4, -0.2) is 23.4 Å². The standard InChI is InChI=1S/C27H20N2O4/c1-16-3-2-4-19(13-16)24-23(25(30)20-7-10-22-18(14-20)11-12-33-22)26(31)27(32)29(24)21-8-5-17(15-28)6-9-21/h2-10,13-14,24,30H,11-12H2,1H3/b25-23-. The summed E-state index contributed by atoms with van der Waals surface area (Å²) in [5, 5.41) is 20.4. The number of aliphatic hydroxyl groups excluding tert-OH is 1. The molecule has 0 spiro atoms. The van der Waals surface area contributed by atoms with Gasteiger partial charge in [-0.05, 0) is 60.5 Å². The van der Waals surface area contributed by atoms with Crippen LogP contribution >= 0.6 is 0 Å². The van der Waals surface area contributed by atoms with Gasteiger partial charge < -0.3 is 9.84 Å². The monoisotopic (exact) mass is 436 g/mol. The number of hydrogen-bond donors (Lipinski definition) is 1. The quantitative estimate of drug-likeness (QED) is 0.373. The van der Waals surface area contributed by atoms with E-state index in [1.165, 1.54) is 4.90 Å². The number of ether oxygens (including phenoxy) is 1. The molecule has 0 saturated carbocycles. The lowest BCUT2D eigenvalue weighted by atomic mass is 9.93. The van der Waals surface area contributed by atoms with Crippen LogP contribution in [0.3, 0.4) is 0 Å². The third-order valence-corrected chi connectivity index (χ3v) is 6.04. The molecule has 0 bridgehead atoms. The zero-order valence-corrected chi connectivity index (χ0v) is 17.9. The molecule has 1 amide bonds. The van der Waals surface area contributed by atoms with E-state index >= 15 is 0 Å². The van der Waals surface area contributed by atoms with E-state index < -0.39 is 17.7 Å². The molecule has 1 unspecified atom stereocenters. The largest absolute Gasteiger partial charge is 0.507 e. The smallest absolute Gasteiger partial charge is 0.300 e. The maximum absolute atomic E-state index is 13.2. The van der Waals surface area contributed by atoms with Gasteiger partial charge in [0, 0.05) is 17.7 Å². The molecule has 5 rings (SSSR count). The molecule has 2 aliphatic rings. The van der Waals surface area contributed by atoms with Crippen molar-refractivity contribution >= 4 is 23.1 Å². The molecule has 1 atom stereocenters. The number of aliphatic hydroxyl groups is 1. The van der Waals surface area contributed by atoms with Crippen LogP contribution in [0, 0.1) is 18.3 Å². The van der Waals surface area contributed by atoms with E-state index in [4.69, 9.17) is 10.00 Å². The van der Waals surface area contributed by atoms with Crippen LogP contribution in [0.1, 0.15) is 33.9 Å². The molecule has 1 saturated heterocycles. The highest BCUT2D eigenvalue weighted by Crippen LogP contribution is 2.42. The minimum atomic E-state index is -0.803. The van der Waals surface area contributed by atoms with Crippen LogP contribution in [0.4, 0.5) is 5.69 Å². The maximum atomic E-state index is 13.2. The summed E-state index contributed by atoms with van der Waals surface area (Å²) < 4.78 is 5.54. The Balaban J connectivity index is 1.70. The fourth-order valence-electron chi connectivity index (χ4n) is 4.44. The average Bonchev–Trinajstić information content (AvgIpc) is 3.41. The van der Waals surface area contributed by atoms with Crippen molar-refractivity contribution in [1.29, 1.82) is 5.26 Å². The molecule has 162 valence electrons. The summed E-state index contributed by atoms with van der Waals surface area (Å²) in [4.78, 5) is 27.8. The maximum Gasteiger partial charge on any atom is 0.300 e. The minimum Gasteiger partial charge on any atom is -0.507 e. The zero-order chi connectivity index (χ0) is 23.1. The summed E-state index contributed by atoms with van der Waals surface area (Å²) in [5.41, 5.74) is 4.06. The molecule has 6 heteroatoms. The molecule has 3 aromatic rings. The van der Waals surface area contributed by atoms with Crippen LogP contribution in [-0.2, 0) is 16.0 Å². The van der Waals surface area contributed by atoms with Crippen molar-refractivity contribution in [3.8, 4) is 11.8 Å². The predicted molar refractivity (Wildman–Crippen MR) is 123 cm³/mol. The molecule has 2 aliphatic heterocycles. The lowest BCUT2D eigenvalue weighted by Crippen LogP contribution is -2.29. The molecule has 0 aromatic heterocycles. The molecule has 1 N–H and O–H groups in total. The second-order valence-corrected chi connectivity index (χ2v) is 8.16. The molecule has 6 nitrogen and oxygen atoms in total. The van der Waals surface area contributed by atoms with Gasteiger partial charge in [-0.1, -0.05) is 29.8 Å². The van der Waals surface area contributed by atoms with Crippen molar-refractivity contribution in [3.05, 3.63) is 100 Å². The number of ketones is 1. The van der Waals surface area contributed by atoms with Gasteiger partial charge in [0.2, 0.25) is 0 Å². The van der Waals surface area contributed by atoms with Gasteiger partial charge in [0.1, 0.15) is 11.5 Å². The van der Waals surface area contributed by atoms with Crippen molar-refractivity contribution in [1.82, 2.24) is 0 Å². The number of Topliss-reactive ketones (excluding diaryl/α,β-unsaturated/α-hetero) is 1. The molecule has 2 heterocycles. The van der Waals surface area contributed by atoms with Gasteiger partial charge in [0.25, 0.3) is 11.7 Å². The number of benzene rings is 3. The Morgan fingerprint density at radius 2 is 1.88 bits per heavy atom. The van der Waals surface area contributed by atoms with E-state index in [1.807, 2.05) is 31.2 Å². The average molecular weight is 436 g/mol. The van der Waals surface area contributed by atoms with E-state index in [-0.39, 0.29) is 11.3 Å². The summed E-state index contributed by atoms with van der Waals surface area (Å²) >= 11 is 0. The van der Waals surface area contributed by atoms with Gasteiger partial charge in [0.15, 0.2) is 0 Å². The second kappa shape index (κ2) is 7.95. The van der Waals surface area contributed by atoms with Gasteiger partial charge in [-0.25, -0.2) is 0 Å². The van der Waals surface area contributed by atoms with E-state index in [0.29, 0.717) is 29.0 Å². The molecule has 0 aliphatic carbocycles. The Bertz CT molecular complexity index is 1370. The van der Waals surface area contributed by atoms with Gasteiger partial charge in [-0.15, -0.1) is 0 Å². The van der Waals surface area contributed by atoms with Crippen LogP contribution in [0.5, 0.6) is 5.75 Å². The van der Waals surface area contributed by atoms with Crippen molar-refractivity contribution < 1.29 is 19.4 Å². The van der Waals surface area contributed by atoms with E-state index in [2.05, 4.69) is 6.07 Å². The Hall–Kier alpha value is -4.37. The third-order valence-electron chi connectivity index (χ3n) is 6.04. The summed E-state index contributed by atoms with van der Waals surface area (Å²) in [6, 6.07) is 20.5. The first-order chi connectivity index (χ1) is 16.0. The topological polar surface area (TPSA) is 90.6 Å². The number of fused-ring (bicyclic) bond motifs is 1. The normalized spacial score (nSPS) is 18.7. The Morgan fingerprint density at radius 3 is 2.61 bits per heavy atom. The fraction of sp³-hybridized carbons (Fsp3) is 0.148. The van der Waals surface area contributed by atoms with Crippen LogP contribution in [0.2, 0.25) is 0 Å². The Labute approximate surface area is 191 Å². The van der Waals surface area contributed by atoms with Crippen molar-refractivity contribution in [2.75, 3.05) is 11.5 Å². The first-order valence-corrected chi connectivity index (χ1v) is 10.6. The number of nitrogens with zero attached hydrogens (tertiary/aromatic N) is 2. The lowest BCUT2D eigenvalue weighted by molar-refractivity contribution is -0.132. The van der Waals surface area contributed by atoms with E-state index in [9.17, 15) is 14.7 Å². The molecule has 33 heavy (non-hydrogen) atoms. The first-order valence-electron chi connectivity index (χ1n) is 10.6. The van der Waals surface area contributed by atoms with Gasteiger partial charge >= 0.3 is 0 Å². The lowest BCUT2D eigenvalue weighted by Gasteiger charge is -2.25. The predicted octanol–water partition coefficient (Wildman–Crippen LogP) is 4.43. The minimum absolute atomic E-state index is 0.0359.